The minimum absolute atomic E-state index is 0.0509. The Kier molecular flexibility index (Phi) is 4.05. The van der Waals surface area contributed by atoms with Crippen molar-refractivity contribution in [2.45, 2.75) is 44.8 Å². The molecule has 4 heteroatoms. The number of hydrogen-bond donors (Lipinski definition) is 1. The topological polar surface area (TPSA) is 49.8 Å². The highest BCUT2D eigenvalue weighted by molar-refractivity contribution is 5.79. The van der Waals surface area contributed by atoms with Crippen molar-refractivity contribution >= 4 is 5.91 Å². The van der Waals surface area contributed by atoms with Crippen LogP contribution in [0.4, 0.5) is 0 Å². The molecule has 1 saturated carbocycles. The van der Waals surface area contributed by atoms with Gasteiger partial charge in [-0.2, -0.15) is 0 Å². The molecule has 1 aliphatic carbocycles. The number of rotatable bonds is 4. The van der Waals surface area contributed by atoms with E-state index in [-0.39, 0.29) is 24.0 Å². The molecule has 1 amide bonds. The smallest absolute Gasteiger partial charge is 0.228 e. The Labute approximate surface area is 103 Å². The third-order valence-corrected chi connectivity index (χ3v) is 4.05. The average Bonchev–Trinajstić information content (AvgIpc) is 2.73. The van der Waals surface area contributed by atoms with Crippen molar-refractivity contribution in [2.75, 3.05) is 20.2 Å². The molecule has 1 N–H and O–H groups in total. The molecule has 17 heavy (non-hydrogen) atoms. The van der Waals surface area contributed by atoms with Gasteiger partial charge < -0.3 is 14.7 Å². The second kappa shape index (κ2) is 5.36. The number of hydrogen-bond acceptors (Lipinski definition) is 3. The van der Waals surface area contributed by atoms with E-state index in [1.807, 2.05) is 11.9 Å². The molecule has 1 heterocycles. The van der Waals surface area contributed by atoms with E-state index in [4.69, 9.17) is 4.74 Å². The van der Waals surface area contributed by atoms with Crippen LogP contribution in [0.25, 0.3) is 0 Å². The predicted molar refractivity (Wildman–Crippen MR) is 64.5 cm³/mol. The molecule has 0 radical (unpaired) electrons. The summed E-state index contributed by atoms with van der Waals surface area (Å²) < 4.78 is 5.56. The van der Waals surface area contributed by atoms with E-state index in [1.54, 1.807) is 0 Å². The van der Waals surface area contributed by atoms with Crippen LogP contribution in [0.15, 0.2) is 0 Å². The fourth-order valence-corrected chi connectivity index (χ4v) is 2.94. The number of carbonyl (C=O) groups is 1. The maximum atomic E-state index is 12.3. The number of amides is 1. The van der Waals surface area contributed by atoms with Gasteiger partial charge in [-0.1, -0.05) is 6.92 Å². The summed E-state index contributed by atoms with van der Waals surface area (Å²) in [5, 5.41) is 9.24. The monoisotopic (exact) mass is 241 g/mol. The standard InChI is InChI=1S/C13H23NO3/c1-3-12-11(4-5-17-12)13(16)14(2)8-9-6-10(15)7-9/h9-12,15H,3-8H2,1-2H3. The molecule has 2 unspecified atom stereocenters. The molecule has 1 saturated heterocycles. The highest BCUT2D eigenvalue weighted by Crippen LogP contribution is 2.29. The number of nitrogens with zero attached hydrogens (tertiary/aromatic N) is 1. The molecular weight excluding hydrogens is 218 g/mol. The van der Waals surface area contributed by atoms with E-state index in [1.165, 1.54) is 0 Å². The van der Waals surface area contributed by atoms with E-state index in [0.717, 1.165) is 32.2 Å². The zero-order valence-electron chi connectivity index (χ0n) is 10.8. The first-order valence-corrected chi connectivity index (χ1v) is 6.66. The predicted octanol–water partition coefficient (Wildman–Crippen LogP) is 1.03. The molecule has 2 rings (SSSR count). The van der Waals surface area contributed by atoms with Gasteiger partial charge in [-0.05, 0) is 31.6 Å². The van der Waals surface area contributed by atoms with Gasteiger partial charge in [0.2, 0.25) is 5.91 Å². The second-order valence-corrected chi connectivity index (χ2v) is 5.42. The van der Waals surface area contributed by atoms with Crippen LogP contribution in [-0.4, -0.2) is 48.3 Å². The normalized spacial score (nSPS) is 36.6. The Morgan fingerprint density at radius 3 is 2.76 bits per heavy atom. The van der Waals surface area contributed by atoms with Crippen LogP contribution < -0.4 is 0 Å². The van der Waals surface area contributed by atoms with Crippen LogP contribution in [0.5, 0.6) is 0 Å². The summed E-state index contributed by atoms with van der Waals surface area (Å²) in [7, 11) is 1.87. The molecule has 0 bridgehead atoms. The third kappa shape index (κ3) is 2.80. The van der Waals surface area contributed by atoms with E-state index in [9.17, 15) is 9.90 Å². The number of ether oxygens (including phenoxy) is 1. The van der Waals surface area contributed by atoms with Crippen LogP contribution in [0, 0.1) is 11.8 Å². The van der Waals surface area contributed by atoms with Crippen molar-refractivity contribution < 1.29 is 14.6 Å². The van der Waals surface area contributed by atoms with Crippen molar-refractivity contribution in [3.05, 3.63) is 0 Å². The van der Waals surface area contributed by atoms with Gasteiger partial charge in [0.25, 0.3) is 0 Å². The Hall–Kier alpha value is -0.610. The minimum atomic E-state index is -0.137. The van der Waals surface area contributed by atoms with Gasteiger partial charge in [0.1, 0.15) is 0 Å². The molecular formula is C13H23NO3. The molecule has 2 fully saturated rings. The fraction of sp³-hybridized carbons (Fsp3) is 0.923. The highest BCUT2D eigenvalue weighted by Gasteiger charge is 2.36. The molecule has 0 aromatic rings. The van der Waals surface area contributed by atoms with E-state index in [2.05, 4.69) is 6.92 Å². The summed E-state index contributed by atoms with van der Waals surface area (Å²) in [5.74, 6) is 0.757. The Bertz CT molecular complexity index is 276. The zero-order chi connectivity index (χ0) is 12.4. The van der Waals surface area contributed by atoms with Gasteiger partial charge in [-0.3, -0.25) is 4.79 Å². The van der Waals surface area contributed by atoms with Crippen molar-refractivity contribution in [1.29, 1.82) is 0 Å². The minimum Gasteiger partial charge on any atom is -0.393 e. The van der Waals surface area contributed by atoms with Gasteiger partial charge in [-0.15, -0.1) is 0 Å². The van der Waals surface area contributed by atoms with Crippen LogP contribution >= 0.6 is 0 Å². The summed E-state index contributed by atoms with van der Waals surface area (Å²) in [6.07, 6.45) is 3.42. The van der Waals surface area contributed by atoms with Crippen LogP contribution in [0.2, 0.25) is 0 Å². The third-order valence-electron chi connectivity index (χ3n) is 4.05. The lowest BCUT2D eigenvalue weighted by Gasteiger charge is -2.35. The Balaban J connectivity index is 1.82. The average molecular weight is 241 g/mol. The summed E-state index contributed by atoms with van der Waals surface area (Å²) in [4.78, 5) is 14.1. The quantitative estimate of drug-likeness (QED) is 0.800. The molecule has 0 aromatic heterocycles. The first kappa shape index (κ1) is 12.8. The van der Waals surface area contributed by atoms with E-state index < -0.39 is 0 Å². The summed E-state index contributed by atoms with van der Waals surface area (Å²) in [5.41, 5.74) is 0. The largest absolute Gasteiger partial charge is 0.393 e. The fourth-order valence-electron chi connectivity index (χ4n) is 2.94. The summed E-state index contributed by atoms with van der Waals surface area (Å²) >= 11 is 0. The van der Waals surface area contributed by atoms with Crippen LogP contribution in [-0.2, 0) is 9.53 Å². The maximum absolute atomic E-state index is 12.3. The zero-order valence-corrected chi connectivity index (χ0v) is 10.8. The first-order valence-electron chi connectivity index (χ1n) is 6.66. The molecule has 1 aliphatic heterocycles. The lowest BCUT2D eigenvalue weighted by Crippen LogP contribution is -2.43. The van der Waals surface area contributed by atoms with Gasteiger partial charge in [0, 0.05) is 20.2 Å². The Morgan fingerprint density at radius 1 is 1.47 bits per heavy atom. The van der Waals surface area contributed by atoms with Crippen molar-refractivity contribution in [1.82, 2.24) is 4.90 Å². The highest BCUT2D eigenvalue weighted by atomic mass is 16.5. The number of aliphatic hydroxyl groups is 1. The molecule has 4 nitrogen and oxygen atoms in total. The molecule has 0 spiro atoms. The van der Waals surface area contributed by atoms with Crippen molar-refractivity contribution in [3.63, 3.8) is 0 Å². The van der Waals surface area contributed by atoms with Crippen LogP contribution in [0.1, 0.15) is 32.6 Å². The Morgan fingerprint density at radius 2 is 2.18 bits per heavy atom. The van der Waals surface area contributed by atoms with E-state index >= 15 is 0 Å². The molecule has 2 aliphatic rings. The lowest BCUT2D eigenvalue weighted by atomic mass is 9.82. The summed E-state index contributed by atoms with van der Waals surface area (Å²) in [6, 6.07) is 0. The number of carbonyl (C=O) groups excluding carboxylic acids is 1. The van der Waals surface area contributed by atoms with Gasteiger partial charge in [0.05, 0.1) is 18.1 Å². The molecule has 2 atom stereocenters. The van der Waals surface area contributed by atoms with Crippen molar-refractivity contribution in [2.24, 2.45) is 11.8 Å². The van der Waals surface area contributed by atoms with Crippen molar-refractivity contribution in [3.8, 4) is 0 Å². The van der Waals surface area contributed by atoms with Gasteiger partial charge in [-0.25, -0.2) is 0 Å². The molecule has 98 valence electrons. The second-order valence-electron chi connectivity index (χ2n) is 5.42. The lowest BCUT2D eigenvalue weighted by molar-refractivity contribution is -0.137. The van der Waals surface area contributed by atoms with Gasteiger partial charge >= 0.3 is 0 Å². The SMILES string of the molecule is CCC1OCCC1C(=O)N(C)CC1CC(O)C1. The first-order chi connectivity index (χ1) is 8.11. The number of aliphatic hydroxyl groups excluding tert-OH is 1. The van der Waals surface area contributed by atoms with Gasteiger partial charge in [0.15, 0.2) is 0 Å². The van der Waals surface area contributed by atoms with E-state index in [0.29, 0.717) is 12.5 Å². The maximum Gasteiger partial charge on any atom is 0.228 e. The molecule has 0 aromatic carbocycles. The van der Waals surface area contributed by atoms with Crippen LogP contribution in [0.3, 0.4) is 0 Å². The summed E-state index contributed by atoms with van der Waals surface area (Å²) in [6.45, 7) is 3.56.